The van der Waals surface area contributed by atoms with Crippen LogP contribution in [0.2, 0.25) is 0 Å². The van der Waals surface area contributed by atoms with Gasteiger partial charge >= 0.3 is 11.9 Å². The monoisotopic (exact) mass is 468 g/mol. The lowest BCUT2D eigenvalue weighted by molar-refractivity contribution is -0.686. The molecular formula is C27H22N3O5+. The molecule has 8 heteroatoms. The van der Waals surface area contributed by atoms with Gasteiger partial charge < -0.3 is 14.0 Å². The van der Waals surface area contributed by atoms with Crippen molar-refractivity contribution in [2.75, 3.05) is 0 Å². The molecule has 8 nitrogen and oxygen atoms in total. The van der Waals surface area contributed by atoms with Gasteiger partial charge in [-0.05, 0) is 24.6 Å². The van der Waals surface area contributed by atoms with E-state index in [-0.39, 0.29) is 25.1 Å². The van der Waals surface area contributed by atoms with Gasteiger partial charge in [-0.2, -0.15) is 4.57 Å². The molecular weight excluding hydrogens is 446 g/mol. The van der Waals surface area contributed by atoms with Crippen molar-refractivity contribution >= 4 is 22.8 Å². The summed E-state index contributed by atoms with van der Waals surface area (Å²) in [6.45, 7) is 1.88. The van der Waals surface area contributed by atoms with Gasteiger partial charge in [0.15, 0.2) is 12.4 Å². The summed E-state index contributed by atoms with van der Waals surface area (Å²) in [6.07, 6.45) is 3.60. The minimum Gasteiger partial charge on any atom is -0.457 e. The second-order valence-electron chi connectivity index (χ2n) is 8.78. The number of carbonyl (C=O) groups excluding carboxylic acids is 2. The summed E-state index contributed by atoms with van der Waals surface area (Å²) in [6, 6.07) is 17.0. The molecule has 1 atom stereocenters. The molecule has 35 heavy (non-hydrogen) atoms. The molecule has 174 valence electrons. The van der Waals surface area contributed by atoms with Gasteiger partial charge in [-0.25, -0.2) is 14.6 Å². The molecule has 0 fully saturated rings. The number of benzene rings is 1. The van der Waals surface area contributed by atoms with E-state index in [4.69, 9.17) is 14.5 Å². The first-order chi connectivity index (χ1) is 17.0. The van der Waals surface area contributed by atoms with Crippen LogP contribution in [0.1, 0.15) is 30.0 Å². The minimum absolute atomic E-state index is 0.0779. The average molecular weight is 468 g/mol. The number of hydrogen-bond acceptors (Lipinski definition) is 6. The highest BCUT2D eigenvalue weighted by atomic mass is 16.6. The number of pyridine rings is 3. The second kappa shape index (κ2) is 7.87. The summed E-state index contributed by atoms with van der Waals surface area (Å²) >= 11 is 0. The summed E-state index contributed by atoms with van der Waals surface area (Å²) in [5.41, 5.74) is 1.78. The highest BCUT2D eigenvalue weighted by Gasteiger charge is 2.50. The van der Waals surface area contributed by atoms with Gasteiger partial charge in [0.2, 0.25) is 12.1 Å². The van der Waals surface area contributed by atoms with Gasteiger partial charge in [0, 0.05) is 28.6 Å². The van der Waals surface area contributed by atoms with E-state index < -0.39 is 17.5 Å². The zero-order chi connectivity index (χ0) is 24.2. The van der Waals surface area contributed by atoms with E-state index in [9.17, 15) is 14.4 Å². The Bertz CT molecular complexity index is 1580. The Kier molecular flexibility index (Phi) is 4.77. The zero-order valence-electron chi connectivity index (χ0n) is 19.1. The highest BCUT2D eigenvalue weighted by Crippen LogP contribution is 2.40. The van der Waals surface area contributed by atoms with E-state index in [1.54, 1.807) is 46.7 Å². The molecule has 2 aliphatic heterocycles. The predicted octanol–water partition coefficient (Wildman–Crippen LogP) is 2.62. The number of rotatable bonds is 4. The van der Waals surface area contributed by atoms with Crippen LogP contribution < -0.4 is 10.1 Å². The molecule has 5 heterocycles. The summed E-state index contributed by atoms with van der Waals surface area (Å²) in [5, 5.41) is 0.991. The smallest absolute Gasteiger partial charge is 0.374 e. The number of hydrogen-bond donors (Lipinski definition) is 0. The average Bonchev–Trinajstić information content (AvgIpc) is 3.23. The number of ether oxygens (including phenoxy) is 2. The molecule has 0 unspecified atom stereocenters. The first-order valence-electron chi connectivity index (χ1n) is 11.5. The normalized spacial score (nSPS) is 17.9. The van der Waals surface area contributed by atoms with Gasteiger partial charge in [0.25, 0.3) is 5.56 Å². The molecule has 0 amide bonds. The molecule has 0 radical (unpaired) electrons. The van der Waals surface area contributed by atoms with Crippen molar-refractivity contribution in [1.29, 1.82) is 0 Å². The van der Waals surface area contributed by atoms with E-state index >= 15 is 0 Å². The molecule has 2 aliphatic rings. The van der Waals surface area contributed by atoms with E-state index in [1.807, 2.05) is 36.4 Å². The molecule has 0 aliphatic carbocycles. The Morgan fingerprint density at radius 1 is 1.14 bits per heavy atom. The minimum atomic E-state index is -1.70. The topological polar surface area (TPSA) is 91.4 Å². The first kappa shape index (κ1) is 21.2. The maximum Gasteiger partial charge on any atom is 0.374 e. The van der Waals surface area contributed by atoms with Crippen molar-refractivity contribution in [3.8, 4) is 11.4 Å². The quantitative estimate of drug-likeness (QED) is 0.298. The van der Waals surface area contributed by atoms with Gasteiger partial charge in [0.1, 0.15) is 6.61 Å². The summed E-state index contributed by atoms with van der Waals surface area (Å²) < 4.78 is 14.5. The summed E-state index contributed by atoms with van der Waals surface area (Å²) in [4.78, 5) is 44.4. The number of para-hydroxylation sites is 1. The van der Waals surface area contributed by atoms with E-state index in [1.165, 1.54) is 0 Å². The maximum atomic E-state index is 13.6. The van der Waals surface area contributed by atoms with Crippen molar-refractivity contribution in [1.82, 2.24) is 9.55 Å². The van der Waals surface area contributed by atoms with Crippen LogP contribution in [-0.4, -0.2) is 21.5 Å². The van der Waals surface area contributed by atoms with Crippen LogP contribution in [-0.2, 0) is 44.4 Å². The first-order valence-corrected chi connectivity index (χ1v) is 11.5. The number of nitrogens with zero attached hydrogens (tertiary/aromatic N) is 3. The van der Waals surface area contributed by atoms with Crippen LogP contribution in [0.15, 0.2) is 71.8 Å². The molecule has 4 aromatic rings. The van der Waals surface area contributed by atoms with Crippen LogP contribution in [0.25, 0.3) is 22.3 Å². The number of fused-ring (bicyclic) bond motifs is 5. The highest BCUT2D eigenvalue weighted by molar-refractivity contribution is 5.88. The fourth-order valence-electron chi connectivity index (χ4n) is 5.00. The van der Waals surface area contributed by atoms with Crippen LogP contribution in [0.5, 0.6) is 0 Å². The van der Waals surface area contributed by atoms with Crippen molar-refractivity contribution in [3.05, 3.63) is 94.0 Å². The molecule has 3 aromatic heterocycles. The number of carbonyl (C=O) groups is 2. The second-order valence-corrected chi connectivity index (χ2v) is 8.78. The lowest BCUT2D eigenvalue weighted by Gasteiger charge is -2.35. The largest absolute Gasteiger partial charge is 0.457 e. The standard InChI is InChI=1S/C27H22N3O5/c1-2-27(35-23(31)15-29-10-6-3-7-11-29)20-13-22-24-18(12-17-8-4-5-9-21(17)28-24)14-30(22)25(32)19(20)16-34-26(27)33/h3-13H,2,14-16H2,1H3/q+1/t27-/m0/s1. The molecule has 0 N–H and O–H groups in total. The van der Waals surface area contributed by atoms with Crippen LogP contribution in [0.3, 0.4) is 0 Å². The van der Waals surface area contributed by atoms with Crippen molar-refractivity contribution in [2.24, 2.45) is 0 Å². The Morgan fingerprint density at radius 2 is 1.94 bits per heavy atom. The van der Waals surface area contributed by atoms with Crippen molar-refractivity contribution < 1.29 is 23.6 Å². The molecule has 0 bridgehead atoms. The number of aromatic nitrogens is 3. The van der Waals surface area contributed by atoms with Gasteiger partial charge in [0.05, 0.1) is 29.0 Å². The number of cyclic esters (lactones) is 1. The van der Waals surface area contributed by atoms with E-state index in [2.05, 4.69) is 0 Å². The Balaban J connectivity index is 1.48. The fourth-order valence-corrected chi connectivity index (χ4v) is 5.00. The SMILES string of the molecule is CC[C@@]1(OC(=O)C[n+]2ccccc2)C(=O)OCc2c1cc1n(c2=O)Cc2cc3ccccc3nc2-1. The maximum absolute atomic E-state index is 13.6. The molecule has 1 aromatic carbocycles. The summed E-state index contributed by atoms with van der Waals surface area (Å²) in [7, 11) is 0. The Morgan fingerprint density at radius 3 is 2.74 bits per heavy atom. The zero-order valence-corrected chi connectivity index (χ0v) is 19.1. The lowest BCUT2D eigenvalue weighted by atomic mass is 9.85. The molecule has 0 saturated carbocycles. The van der Waals surface area contributed by atoms with Crippen LogP contribution >= 0.6 is 0 Å². The lowest BCUT2D eigenvalue weighted by Crippen LogP contribution is -2.49. The fraction of sp³-hybridized carbons (Fsp3) is 0.222. The van der Waals surface area contributed by atoms with E-state index in [0.717, 1.165) is 16.5 Å². The van der Waals surface area contributed by atoms with E-state index in [0.29, 0.717) is 29.1 Å². The molecule has 0 saturated heterocycles. The molecule has 6 rings (SSSR count). The summed E-state index contributed by atoms with van der Waals surface area (Å²) in [5.74, 6) is -1.27. The third kappa shape index (κ3) is 3.24. The number of esters is 2. The van der Waals surface area contributed by atoms with Gasteiger partial charge in [-0.1, -0.05) is 31.2 Å². The third-order valence-corrected chi connectivity index (χ3v) is 6.76. The van der Waals surface area contributed by atoms with Gasteiger partial charge in [-0.15, -0.1) is 0 Å². The van der Waals surface area contributed by atoms with Crippen LogP contribution in [0, 0.1) is 0 Å². The third-order valence-electron chi connectivity index (χ3n) is 6.76. The van der Waals surface area contributed by atoms with Crippen LogP contribution in [0.4, 0.5) is 0 Å². The predicted molar refractivity (Wildman–Crippen MR) is 125 cm³/mol. The Hall–Kier alpha value is -4.33. The Labute approximate surface area is 200 Å². The van der Waals surface area contributed by atoms with Gasteiger partial charge in [-0.3, -0.25) is 4.79 Å². The molecule has 0 spiro atoms. The van der Waals surface area contributed by atoms with Crippen molar-refractivity contribution in [2.45, 2.75) is 38.6 Å². The van der Waals surface area contributed by atoms with Crippen molar-refractivity contribution in [3.63, 3.8) is 0 Å².